The van der Waals surface area contributed by atoms with Crippen LogP contribution in [0.25, 0.3) is 0 Å². The fourth-order valence-corrected chi connectivity index (χ4v) is 3.03. The van der Waals surface area contributed by atoms with Gasteiger partial charge in [0.25, 0.3) is 0 Å². The zero-order valence-electron chi connectivity index (χ0n) is 9.36. The van der Waals surface area contributed by atoms with E-state index in [1.807, 2.05) is 6.08 Å². The lowest BCUT2D eigenvalue weighted by molar-refractivity contribution is -0.193. The van der Waals surface area contributed by atoms with E-state index in [1.54, 1.807) is 0 Å². The maximum Gasteiger partial charge on any atom is 0.197 e. The van der Waals surface area contributed by atoms with Crippen LogP contribution in [-0.2, 0) is 14.2 Å². The molecule has 2 saturated heterocycles. The fourth-order valence-electron chi connectivity index (χ4n) is 3.03. The minimum Gasteiger partial charge on any atom is -0.363 e. The van der Waals surface area contributed by atoms with Gasteiger partial charge in [-0.2, -0.15) is 0 Å². The van der Waals surface area contributed by atoms with Gasteiger partial charge in [0.2, 0.25) is 0 Å². The summed E-state index contributed by atoms with van der Waals surface area (Å²) in [5.74, 6) is 0.0453. The zero-order chi connectivity index (χ0) is 10.7. The van der Waals surface area contributed by atoms with E-state index < -0.39 is 5.79 Å². The summed E-state index contributed by atoms with van der Waals surface area (Å²) >= 11 is 0. The van der Waals surface area contributed by atoms with Gasteiger partial charge in [0.1, 0.15) is 6.10 Å². The Labute approximate surface area is 90.4 Å². The van der Waals surface area contributed by atoms with E-state index >= 15 is 0 Å². The van der Waals surface area contributed by atoms with Crippen molar-refractivity contribution in [3.05, 3.63) is 12.7 Å². The summed E-state index contributed by atoms with van der Waals surface area (Å²) in [6.07, 6.45) is 3.30. The molecule has 2 heterocycles. The average molecular weight is 210 g/mol. The van der Waals surface area contributed by atoms with Crippen LogP contribution in [0.4, 0.5) is 0 Å². The Morgan fingerprint density at radius 2 is 1.93 bits per heavy atom. The van der Waals surface area contributed by atoms with Crippen molar-refractivity contribution >= 4 is 0 Å². The summed E-state index contributed by atoms with van der Waals surface area (Å²) in [4.78, 5) is 0. The molecule has 0 aromatic carbocycles. The van der Waals surface area contributed by atoms with Crippen LogP contribution in [-0.4, -0.2) is 31.2 Å². The molecule has 84 valence electrons. The average Bonchev–Trinajstić information content (AvgIpc) is 2.93. The number of rotatable bonds is 1. The van der Waals surface area contributed by atoms with Crippen LogP contribution in [0.15, 0.2) is 12.7 Å². The summed E-state index contributed by atoms with van der Waals surface area (Å²) in [5, 5.41) is 0. The largest absolute Gasteiger partial charge is 0.363 e. The maximum absolute atomic E-state index is 5.77. The predicted molar refractivity (Wildman–Crippen MR) is 55.4 cm³/mol. The second kappa shape index (κ2) is 2.84. The predicted octanol–water partition coefficient (Wildman–Crippen LogP) is 1.73. The fraction of sp³-hybridized carbons (Fsp3) is 0.833. The highest BCUT2D eigenvalue weighted by Gasteiger charge is 2.69. The van der Waals surface area contributed by atoms with E-state index in [-0.39, 0.29) is 17.6 Å². The summed E-state index contributed by atoms with van der Waals surface area (Å²) in [7, 11) is 0. The molecule has 15 heavy (non-hydrogen) atoms. The van der Waals surface area contributed by atoms with Crippen LogP contribution >= 0.6 is 0 Å². The highest BCUT2D eigenvalue weighted by molar-refractivity contribution is 5.18. The molecule has 3 fully saturated rings. The number of hydrogen-bond donors (Lipinski definition) is 0. The SMILES string of the molecule is C=C[C@]1(C)[C@@H](C)CC2(OCCO2)[C@@H]2O[C@@H]21. The van der Waals surface area contributed by atoms with Crippen molar-refractivity contribution in [2.45, 2.75) is 38.3 Å². The van der Waals surface area contributed by atoms with Crippen molar-refractivity contribution in [2.24, 2.45) is 11.3 Å². The molecule has 1 aliphatic carbocycles. The van der Waals surface area contributed by atoms with Crippen molar-refractivity contribution < 1.29 is 14.2 Å². The van der Waals surface area contributed by atoms with Gasteiger partial charge in [-0.25, -0.2) is 0 Å². The van der Waals surface area contributed by atoms with Crippen molar-refractivity contribution in [1.29, 1.82) is 0 Å². The molecule has 1 spiro atoms. The summed E-state index contributed by atoms with van der Waals surface area (Å²) in [6.45, 7) is 9.78. The van der Waals surface area contributed by atoms with Crippen LogP contribution < -0.4 is 0 Å². The normalized spacial score (nSPS) is 51.5. The molecule has 3 heteroatoms. The highest BCUT2D eigenvalue weighted by Crippen LogP contribution is 2.58. The van der Waals surface area contributed by atoms with Crippen LogP contribution in [0.5, 0.6) is 0 Å². The van der Waals surface area contributed by atoms with E-state index in [0.717, 1.165) is 6.42 Å². The molecule has 0 bridgehead atoms. The maximum atomic E-state index is 5.77. The Balaban J connectivity index is 1.89. The van der Waals surface area contributed by atoms with Crippen LogP contribution in [0, 0.1) is 11.3 Å². The lowest BCUT2D eigenvalue weighted by Crippen LogP contribution is -2.49. The summed E-state index contributed by atoms with van der Waals surface area (Å²) in [6, 6.07) is 0. The molecule has 0 aromatic rings. The Morgan fingerprint density at radius 1 is 1.27 bits per heavy atom. The molecule has 0 amide bonds. The molecule has 0 N–H and O–H groups in total. The lowest BCUT2D eigenvalue weighted by Gasteiger charge is -2.41. The minimum atomic E-state index is -0.438. The second-order valence-electron chi connectivity index (χ2n) is 5.16. The van der Waals surface area contributed by atoms with Gasteiger partial charge in [-0.05, 0) is 5.92 Å². The smallest absolute Gasteiger partial charge is 0.197 e. The van der Waals surface area contributed by atoms with Crippen molar-refractivity contribution in [3.63, 3.8) is 0 Å². The molecular weight excluding hydrogens is 192 g/mol. The third-order valence-electron chi connectivity index (χ3n) is 4.41. The Bertz CT molecular complexity index is 291. The first-order valence-electron chi connectivity index (χ1n) is 5.69. The number of hydrogen-bond acceptors (Lipinski definition) is 3. The van der Waals surface area contributed by atoms with Gasteiger partial charge in [0.15, 0.2) is 5.79 Å². The van der Waals surface area contributed by atoms with Crippen molar-refractivity contribution in [2.75, 3.05) is 13.2 Å². The van der Waals surface area contributed by atoms with Crippen LogP contribution in [0.3, 0.4) is 0 Å². The summed E-state index contributed by atoms with van der Waals surface area (Å²) < 4.78 is 17.3. The Morgan fingerprint density at radius 3 is 2.53 bits per heavy atom. The van der Waals surface area contributed by atoms with Gasteiger partial charge >= 0.3 is 0 Å². The van der Waals surface area contributed by atoms with Crippen molar-refractivity contribution in [3.8, 4) is 0 Å². The topological polar surface area (TPSA) is 31.0 Å². The van der Waals surface area contributed by atoms with E-state index in [4.69, 9.17) is 14.2 Å². The Hall–Kier alpha value is -0.380. The van der Waals surface area contributed by atoms with E-state index in [0.29, 0.717) is 19.1 Å². The lowest BCUT2D eigenvalue weighted by atomic mass is 9.66. The monoisotopic (exact) mass is 210 g/mol. The third kappa shape index (κ3) is 1.11. The molecule has 0 unspecified atom stereocenters. The molecule has 3 nitrogen and oxygen atoms in total. The first-order chi connectivity index (χ1) is 7.12. The van der Waals surface area contributed by atoms with Crippen LogP contribution in [0.2, 0.25) is 0 Å². The van der Waals surface area contributed by atoms with E-state index in [1.165, 1.54) is 0 Å². The molecule has 0 radical (unpaired) electrons. The van der Waals surface area contributed by atoms with Gasteiger partial charge in [-0.15, -0.1) is 6.58 Å². The first kappa shape index (κ1) is 9.82. The van der Waals surface area contributed by atoms with E-state index in [9.17, 15) is 0 Å². The number of fused-ring (bicyclic) bond motifs is 2. The van der Waals surface area contributed by atoms with Gasteiger partial charge in [0, 0.05) is 11.8 Å². The molecule has 1 saturated carbocycles. The quantitative estimate of drug-likeness (QED) is 0.488. The highest BCUT2D eigenvalue weighted by atomic mass is 16.8. The molecule has 3 rings (SSSR count). The zero-order valence-corrected chi connectivity index (χ0v) is 9.36. The molecular formula is C12H18O3. The van der Waals surface area contributed by atoms with Crippen molar-refractivity contribution in [1.82, 2.24) is 0 Å². The minimum absolute atomic E-state index is 0.0746. The first-order valence-corrected chi connectivity index (χ1v) is 5.69. The Kier molecular flexibility index (Phi) is 1.86. The number of epoxide rings is 1. The van der Waals surface area contributed by atoms with Crippen LogP contribution in [0.1, 0.15) is 20.3 Å². The third-order valence-corrected chi connectivity index (χ3v) is 4.41. The second-order valence-corrected chi connectivity index (χ2v) is 5.16. The van der Waals surface area contributed by atoms with Gasteiger partial charge in [-0.1, -0.05) is 19.9 Å². The van der Waals surface area contributed by atoms with E-state index in [2.05, 4.69) is 20.4 Å². The standard InChI is InChI=1S/C12H18O3/c1-4-11(3)8(2)7-12(10-9(11)15-10)13-5-6-14-12/h4,8-10H,1,5-7H2,2-3H3/t8-,9-,10+,11+/m0/s1. The van der Waals surface area contributed by atoms with Gasteiger partial charge in [-0.3, -0.25) is 0 Å². The van der Waals surface area contributed by atoms with Gasteiger partial charge in [0.05, 0.1) is 19.3 Å². The molecule has 0 aromatic heterocycles. The van der Waals surface area contributed by atoms with Gasteiger partial charge < -0.3 is 14.2 Å². The summed E-state index contributed by atoms with van der Waals surface area (Å²) in [5.41, 5.74) is 0.0746. The molecule has 3 aliphatic rings. The molecule has 4 atom stereocenters. The number of ether oxygens (including phenoxy) is 3. The molecule has 2 aliphatic heterocycles.